The predicted octanol–water partition coefficient (Wildman–Crippen LogP) is 5.14. The first kappa shape index (κ1) is 15.6. The highest BCUT2D eigenvalue weighted by Crippen LogP contribution is 2.31. The molecule has 0 atom stereocenters. The summed E-state index contributed by atoms with van der Waals surface area (Å²) in [4.78, 5) is 13.3. The zero-order valence-corrected chi connectivity index (χ0v) is 14.4. The Morgan fingerprint density at radius 1 is 1.00 bits per heavy atom. The van der Waals surface area contributed by atoms with Crippen molar-refractivity contribution in [3.63, 3.8) is 0 Å². The maximum absolute atomic E-state index is 14.4. The second-order valence-electron chi connectivity index (χ2n) is 6.42. The van der Waals surface area contributed by atoms with Gasteiger partial charge in [0.05, 0.1) is 11.2 Å². The lowest BCUT2D eigenvalue weighted by atomic mass is 10.1. The van der Waals surface area contributed by atoms with Crippen molar-refractivity contribution in [2.24, 2.45) is 0 Å². The third-order valence-electron chi connectivity index (χ3n) is 4.69. The second-order valence-corrected chi connectivity index (χ2v) is 6.42. The topological polar surface area (TPSA) is 50.7 Å². The van der Waals surface area contributed by atoms with E-state index in [2.05, 4.69) is 15.3 Å². The molecule has 0 spiro atoms. The van der Waals surface area contributed by atoms with Gasteiger partial charge in [0.25, 0.3) is 0 Å². The van der Waals surface area contributed by atoms with Crippen LogP contribution in [0.1, 0.15) is 11.1 Å². The highest BCUT2D eigenvalue weighted by molar-refractivity contribution is 5.93. The Balaban J connectivity index is 1.64. The van der Waals surface area contributed by atoms with Gasteiger partial charge in [-0.05, 0) is 60.0 Å². The van der Waals surface area contributed by atoms with E-state index in [0.29, 0.717) is 17.9 Å². The van der Waals surface area contributed by atoms with Crippen molar-refractivity contribution in [3.05, 3.63) is 84.1 Å². The molecular formula is C22H15FN4. The molecule has 0 saturated heterocycles. The average molecular weight is 354 g/mol. The summed E-state index contributed by atoms with van der Waals surface area (Å²) in [6, 6.07) is 13.0. The first-order valence-electron chi connectivity index (χ1n) is 8.70. The lowest BCUT2D eigenvalue weighted by Crippen LogP contribution is -2.00. The molecule has 130 valence electrons. The van der Waals surface area contributed by atoms with Crippen LogP contribution in [0, 0.1) is 5.82 Å². The van der Waals surface area contributed by atoms with Gasteiger partial charge in [0, 0.05) is 35.2 Å². The molecule has 27 heavy (non-hydrogen) atoms. The van der Waals surface area contributed by atoms with Crippen LogP contribution in [0.25, 0.3) is 28.2 Å². The summed E-state index contributed by atoms with van der Waals surface area (Å²) in [6.45, 7) is 0. The van der Waals surface area contributed by atoms with Crippen molar-refractivity contribution in [2.45, 2.75) is 6.42 Å². The Morgan fingerprint density at radius 2 is 1.89 bits per heavy atom. The SMILES string of the molecule is Fc1cc(Nc2nc(-c3ccncc3)cc3ncccc23)cc2c1CC=C2. The number of anilines is 2. The molecule has 0 unspecified atom stereocenters. The number of allylic oxidation sites excluding steroid dienone is 1. The van der Waals surface area contributed by atoms with Gasteiger partial charge in [-0.1, -0.05) is 12.2 Å². The van der Waals surface area contributed by atoms with Gasteiger partial charge in [-0.3, -0.25) is 9.97 Å². The first-order chi connectivity index (χ1) is 13.3. The summed E-state index contributed by atoms with van der Waals surface area (Å²) < 4.78 is 14.4. The summed E-state index contributed by atoms with van der Waals surface area (Å²) in [5.41, 5.74) is 4.87. The van der Waals surface area contributed by atoms with Gasteiger partial charge in [0.15, 0.2) is 0 Å². The van der Waals surface area contributed by atoms with Gasteiger partial charge in [-0.15, -0.1) is 0 Å². The summed E-state index contributed by atoms with van der Waals surface area (Å²) in [7, 11) is 0. The molecule has 5 rings (SSSR count). The maximum atomic E-state index is 14.4. The van der Waals surface area contributed by atoms with Crippen molar-refractivity contribution in [1.29, 1.82) is 0 Å². The van der Waals surface area contributed by atoms with Gasteiger partial charge < -0.3 is 5.32 Å². The average Bonchev–Trinajstić information content (AvgIpc) is 3.18. The number of fused-ring (bicyclic) bond motifs is 2. The molecule has 1 aliphatic carbocycles. The highest BCUT2D eigenvalue weighted by Gasteiger charge is 2.14. The molecule has 0 saturated carbocycles. The van der Waals surface area contributed by atoms with E-state index >= 15 is 0 Å². The Morgan fingerprint density at radius 3 is 2.78 bits per heavy atom. The lowest BCUT2D eigenvalue weighted by molar-refractivity contribution is 0.616. The fourth-order valence-corrected chi connectivity index (χ4v) is 3.38. The molecule has 0 bridgehead atoms. The molecule has 3 heterocycles. The second kappa shape index (κ2) is 6.29. The Bertz CT molecular complexity index is 1190. The molecule has 1 aliphatic rings. The van der Waals surface area contributed by atoms with Crippen LogP contribution in [-0.4, -0.2) is 15.0 Å². The number of pyridine rings is 3. The van der Waals surface area contributed by atoms with Gasteiger partial charge in [-0.25, -0.2) is 9.37 Å². The molecule has 0 radical (unpaired) electrons. The Labute approximate surface area is 155 Å². The van der Waals surface area contributed by atoms with E-state index in [4.69, 9.17) is 4.98 Å². The Hall–Kier alpha value is -3.60. The van der Waals surface area contributed by atoms with E-state index < -0.39 is 0 Å². The molecular weight excluding hydrogens is 339 g/mol. The number of halogens is 1. The number of benzene rings is 1. The summed E-state index contributed by atoms with van der Waals surface area (Å²) in [5.74, 6) is 0.446. The predicted molar refractivity (Wildman–Crippen MR) is 105 cm³/mol. The third-order valence-corrected chi connectivity index (χ3v) is 4.69. The van der Waals surface area contributed by atoms with Crippen LogP contribution in [0.3, 0.4) is 0 Å². The number of hydrogen-bond acceptors (Lipinski definition) is 4. The van der Waals surface area contributed by atoms with E-state index in [0.717, 1.165) is 33.3 Å². The molecule has 1 aromatic carbocycles. The van der Waals surface area contributed by atoms with E-state index in [1.54, 1.807) is 18.6 Å². The summed E-state index contributed by atoms with van der Waals surface area (Å²) in [5, 5.41) is 4.17. The molecule has 1 N–H and O–H groups in total. The van der Waals surface area contributed by atoms with E-state index in [9.17, 15) is 4.39 Å². The number of nitrogens with zero attached hydrogens (tertiary/aromatic N) is 3. The fraction of sp³-hybridized carbons (Fsp3) is 0.0455. The number of rotatable bonds is 3. The van der Waals surface area contributed by atoms with E-state index in [1.165, 1.54) is 6.07 Å². The van der Waals surface area contributed by atoms with Crippen LogP contribution in [0.2, 0.25) is 0 Å². The standard InChI is InChI=1S/C22H15FN4/c23-19-12-16(11-15-3-1-4-17(15)19)26-22-18-5-2-8-25-21(18)13-20(27-22)14-6-9-24-10-7-14/h1-3,5-13H,4H2,(H,26,27). The van der Waals surface area contributed by atoms with Crippen molar-refractivity contribution < 1.29 is 4.39 Å². The molecule has 0 aliphatic heterocycles. The van der Waals surface area contributed by atoms with Gasteiger partial charge in [0.1, 0.15) is 11.6 Å². The Kier molecular flexibility index (Phi) is 3.64. The van der Waals surface area contributed by atoms with Crippen molar-refractivity contribution in [3.8, 4) is 11.3 Å². The molecule has 0 amide bonds. The van der Waals surface area contributed by atoms with Crippen molar-refractivity contribution in [1.82, 2.24) is 15.0 Å². The van der Waals surface area contributed by atoms with Gasteiger partial charge in [0.2, 0.25) is 0 Å². The van der Waals surface area contributed by atoms with Crippen LogP contribution in [0.4, 0.5) is 15.9 Å². The van der Waals surface area contributed by atoms with Crippen molar-refractivity contribution in [2.75, 3.05) is 5.32 Å². The fourth-order valence-electron chi connectivity index (χ4n) is 3.38. The summed E-state index contributed by atoms with van der Waals surface area (Å²) >= 11 is 0. The van der Waals surface area contributed by atoms with Gasteiger partial charge in [-0.2, -0.15) is 0 Å². The van der Waals surface area contributed by atoms with Gasteiger partial charge >= 0.3 is 0 Å². The minimum absolute atomic E-state index is 0.201. The van der Waals surface area contributed by atoms with E-state index in [1.807, 2.05) is 48.6 Å². The number of aromatic nitrogens is 3. The third kappa shape index (κ3) is 2.83. The largest absolute Gasteiger partial charge is 0.340 e. The van der Waals surface area contributed by atoms with Crippen molar-refractivity contribution >= 4 is 28.5 Å². The molecule has 4 nitrogen and oxygen atoms in total. The lowest BCUT2D eigenvalue weighted by Gasteiger charge is -2.13. The van der Waals surface area contributed by atoms with Crippen LogP contribution in [0.15, 0.2) is 67.1 Å². The van der Waals surface area contributed by atoms with Crippen LogP contribution < -0.4 is 5.32 Å². The van der Waals surface area contributed by atoms with Crippen LogP contribution in [-0.2, 0) is 6.42 Å². The molecule has 4 aromatic rings. The van der Waals surface area contributed by atoms with E-state index in [-0.39, 0.29) is 5.82 Å². The first-order valence-corrected chi connectivity index (χ1v) is 8.70. The quantitative estimate of drug-likeness (QED) is 0.553. The molecule has 5 heteroatoms. The summed E-state index contributed by atoms with van der Waals surface area (Å²) in [6.07, 6.45) is 9.78. The zero-order valence-electron chi connectivity index (χ0n) is 14.4. The van der Waals surface area contributed by atoms with Crippen LogP contribution >= 0.6 is 0 Å². The monoisotopic (exact) mass is 354 g/mol. The minimum atomic E-state index is -0.201. The number of hydrogen-bond donors (Lipinski definition) is 1. The molecule has 0 fully saturated rings. The maximum Gasteiger partial charge on any atom is 0.140 e. The highest BCUT2D eigenvalue weighted by atomic mass is 19.1. The van der Waals surface area contributed by atoms with Crippen LogP contribution in [0.5, 0.6) is 0 Å². The number of nitrogens with one attached hydrogen (secondary N) is 1. The zero-order chi connectivity index (χ0) is 18.2. The smallest absolute Gasteiger partial charge is 0.140 e. The minimum Gasteiger partial charge on any atom is -0.340 e. The molecule has 3 aromatic heterocycles. The normalized spacial score (nSPS) is 12.3.